The highest BCUT2D eigenvalue weighted by Crippen LogP contribution is 2.27. The van der Waals surface area contributed by atoms with Crippen LogP contribution in [-0.2, 0) is 4.79 Å². The van der Waals surface area contributed by atoms with Gasteiger partial charge in [-0.05, 0) is 50.7 Å². The summed E-state index contributed by atoms with van der Waals surface area (Å²) < 4.78 is 0. The third-order valence-electron chi connectivity index (χ3n) is 4.97. The molecule has 22 heavy (non-hydrogen) atoms. The second-order valence-electron chi connectivity index (χ2n) is 6.75. The Morgan fingerprint density at radius 3 is 2.59 bits per heavy atom. The molecule has 2 fully saturated rings. The van der Waals surface area contributed by atoms with Crippen LogP contribution in [0.4, 0.5) is 11.5 Å². The fraction of sp³-hybridized carbons (Fsp3) is 0.667. The zero-order valence-corrected chi connectivity index (χ0v) is 13.6. The molecular weight excluding hydrogens is 274 g/mol. The summed E-state index contributed by atoms with van der Waals surface area (Å²) in [5.41, 5.74) is 1.78. The number of aromatic nitrogens is 1. The lowest BCUT2D eigenvalue weighted by molar-refractivity contribution is -0.117. The first-order valence-corrected chi connectivity index (χ1v) is 8.75. The number of rotatable bonds is 4. The maximum absolute atomic E-state index is 12.2. The lowest BCUT2D eigenvalue weighted by Gasteiger charge is -2.21. The minimum atomic E-state index is 0.144. The molecule has 2 heterocycles. The van der Waals surface area contributed by atoms with Crippen molar-refractivity contribution in [2.45, 2.75) is 58.3 Å². The first-order chi connectivity index (χ1) is 10.7. The van der Waals surface area contributed by atoms with Gasteiger partial charge in [0.15, 0.2) is 0 Å². The monoisotopic (exact) mass is 301 g/mol. The molecule has 1 aromatic heterocycles. The molecule has 4 nitrogen and oxygen atoms in total. The second kappa shape index (κ2) is 7.12. The smallest absolute Gasteiger partial charge is 0.224 e. The van der Waals surface area contributed by atoms with E-state index >= 15 is 0 Å². The Labute approximate surface area is 133 Å². The van der Waals surface area contributed by atoms with Crippen molar-refractivity contribution in [3.63, 3.8) is 0 Å². The summed E-state index contributed by atoms with van der Waals surface area (Å²) >= 11 is 0. The fourth-order valence-corrected chi connectivity index (χ4v) is 3.66. The molecular formula is C18H27N3O. The second-order valence-corrected chi connectivity index (χ2v) is 6.75. The number of pyridine rings is 1. The summed E-state index contributed by atoms with van der Waals surface area (Å²) in [5, 5.41) is 3.06. The number of carbonyl (C=O) groups is 1. The van der Waals surface area contributed by atoms with E-state index in [0.29, 0.717) is 12.3 Å². The van der Waals surface area contributed by atoms with Gasteiger partial charge in [-0.3, -0.25) is 4.79 Å². The molecule has 120 valence electrons. The average Bonchev–Trinajstić information content (AvgIpc) is 3.04. The van der Waals surface area contributed by atoms with Crippen LogP contribution in [-0.4, -0.2) is 24.0 Å². The topological polar surface area (TPSA) is 45.2 Å². The van der Waals surface area contributed by atoms with Crippen LogP contribution in [0.3, 0.4) is 0 Å². The normalized spacial score (nSPS) is 19.4. The van der Waals surface area contributed by atoms with Crippen molar-refractivity contribution in [1.29, 1.82) is 0 Å². The van der Waals surface area contributed by atoms with Crippen LogP contribution in [0.25, 0.3) is 0 Å². The number of nitrogens with one attached hydrogen (secondary N) is 1. The van der Waals surface area contributed by atoms with Gasteiger partial charge in [-0.25, -0.2) is 4.98 Å². The van der Waals surface area contributed by atoms with E-state index in [1.165, 1.54) is 44.9 Å². The Morgan fingerprint density at radius 1 is 1.18 bits per heavy atom. The predicted molar refractivity (Wildman–Crippen MR) is 90.2 cm³/mol. The molecule has 1 aromatic rings. The highest BCUT2D eigenvalue weighted by atomic mass is 16.1. The maximum Gasteiger partial charge on any atom is 0.224 e. The van der Waals surface area contributed by atoms with Gasteiger partial charge in [-0.15, -0.1) is 0 Å². The molecule has 4 heteroatoms. The lowest BCUT2D eigenvalue weighted by atomic mass is 9.87. The molecule has 1 saturated heterocycles. The number of amides is 1. The van der Waals surface area contributed by atoms with Gasteiger partial charge in [0.25, 0.3) is 0 Å². The highest BCUT2D eigenvalue weighted by Gasteiger charge is 2.18. The van der Waals surface area contributed by atoms with Gasteiger partial charge in [-0.1, -0.05) is 19.3 Å². The van der Waals surface area contributed by atoms with Crippen molar-refractivity contribution in [3.05, 3.63) is 17.8 Å². The van der Waals surface area contributed by atoms with Crippen molar-refractivity contribution in [2.75, 3.05) is 23.3 Å². The number of anilines is 2. The van der Waals surface area contributed by atoms with Gasteiger partial charge in [0.1, 0.15) is 5.82 Å². The maximum atomic E-state index is 12.2. The van der Waals surface area contributed by atoms with E-state index in [0.717, 1.165) is 30.3 Å². The third-order valence-corrected chi connectivity index (χ3v) is 4.97. The van der Waals surface area contributed by atoms with Crippen LogP contribution in [0.15, 0.2) is 12.1 Å². The largest absolute Gasteiger partial charge is 0.357 e. The molecule has 1 saturated carbocycles. The zero-order valence-electron chi connectivity index (χ0n) is 13.6. The molecule has 0 spiro atoms. The third kappa shape index (κ3) is 3.79. The molecule has 0 radical (unpaired) electrons. The predicted octanol–water partition coefficient (Wildman–Crippen LogP) is 3.90. The van der Waals surface area contributed by atoms with Crippen LogP contribution in [0, 0.1) is 12.8 Å². The van der Waals surface area contributed by atoms with Gasteiger partial charge < -0.3 is 10.2 Å². The van der Waals surface area contributed by atoms with Crippen molar-refractivity contribution in [2.24, 2.45) is 5.92 Å². The molecule has 0 unspecified atom stereocenters. The summed E-state index contributed by atoms with van der Waals surface area (Å²) in [6.45, 7) is 4.18. The molecule has 0 atom stereocenters. The first kappa shape index (κ1) is 15.3. The molecule has 3 rings (SSSR count). The van der Waals surface area contributed by atoms with Gasteiger partial charge in [-0.2, -0.15) is 0 Å². The van der Waals surface area contributed by atoms with Crippen molar-refractivity contribution in [1.82, 2.24) is 4.98 Å². The van der Waals surface area contributed by atoms with E-state index < -0.39 is 0 Å². The van der Waals surface area contributed by atoms with E-state index in [-0.39, 0.29) is 5.91 Å². The van der Waals surface area contributed by atoms with E-state index in [9.17, 15) is 4.79 Å². The van der Waals surface area contributed by atoms with Crippen LogP contribution in [0.5, 0.6) is 0 Å². The summed E-state index contributed by atoms with van der Waals surface area (Å²) in [6, 6.07) is 4.04. The fourth-order valence-electron chi connectivity index (χ4n) is 3.66. The molecule has 1 N–H and O–H groups in total. The standard InChI is InChI=1S/C18H27N3O/c1-14-16(9-10-17(19-14)21-11-5-6-12-21)20-18(22)13-15-7-3-2-4-8-15/h9-10,15H,2-8,11-13H2,1H3,(H,20,22). The van der Waals surface area contributed by atoms with Crippen LogP contribution in [0.2, 0.25) is 0 Å². The molecule has 0 bridgehead atoms. The minimum absolute atomic E-state index is 0.144. The van der Waals surface area contributed by atoms with Crippen molar-refractivity contribution in [3.8, 4) is 0 Å². The summed E-state index contributed by atoms with van der Waals surface area (Å²) in [7, 11) is 0. The molecule has 1 aliphatic carbocycles. The number of hydrogen-bond donors (Lipinski definition) is 1. The molecule has 2 aliphatic rings. The number of hydrogen-bond acceptors (Lipinski definition) is 3. The van der Waals surface area contributed by atoms with E-state index in [2.05, 4.69) is 15.2 Å². The van der Waals surface area contributed by atoms with Crippen LogP contribution < -0.4 is 10.2 Å². The molecule has 1 aliphatic heterocycles. The minimum Gasteiger partial charge on any atom is -0.357 e. The Hall–Kier alpha value is -1.58. The van der Waals surface area contributed by atoms with E-state index in [1.807, 2.05) is 19.1 Å². The van der Waals surface area contributed by atoms with E-state index in [1.54, 1.807) is 0 Å². The van der Waals surface area contributed by atoms with Gasteiger partial charge >= 0.3 is 0 Å². The summed E-state index contributed by atoms with van der Waals surface area (Å²) in [6.07, 6.45) is 9.47. The molecule has 0 aromatic carbocycles. The Balaban J connectivity index is 1.58. The summed E-state index contributed by atoms with van der Waals surface area (Å²) in [4.78, 5) is 19.2. The van der Waals surface area contributed by atoms with Crippen molar-refractivity contribution >= 4 is 17.4 Å². The molecule has 1 amide bonds. The van der Waals surface area contributed by atoms with Crippen molar-refractivity contribution < 1.29 is 4.79 Å². The first-order valence-electron chi connectivity index (χ1n) is 8.75. The quantitative estimate of drug-likeness (QED) is 0.917. The average molecular weight is 301 g/mol. The number of aryl methyl sites for hydroxylation is 1. The lowest BCUT2D eigenvalue weighted by Crippen LogP contribution is -2.21. The van der Waals surface area contributed by atoms with Gasteiger partial charge in [0.05, 0.1) is 11.4 Å². The Bertz CT molecular complexity index is 517. The SMILES string of the molecule is Cc1nc(N2CCCC2)ccc1NC(=O)CC1CCCCC1. The van der Waals surface area contributed by atoms with Gasteiger partial charge in [0, 0.05) is 19.5 Å². The Kier molecular flexibility index (Phi) is 4.96. The number of nitrogens with zero attached hydrogens (tertiary/aromatic N) is 2. The van der Waals surface area contributed by atoms with Crippen LogP contribution in [0.1, 0.15) is 57.1 Å². The number of carbonyl (C=O) groups excluding carboxylic acids is 1. The van der Waals surface area contributed by atoms with Gasteiger partial charge in [0.2, 0.25) is 5.91 Å². The zero-order chi connectivity index (χ0) is 15.4. The summed E-state index contributed by atoms with van der Waals surface area (Å²) in [5.74, 6) is 1.76. The highest BCUT2D eigenvalue weighted by molar-refractivity contribution is 5.91. The Morgan fingerprint density at radius 2 is 1.91 bits per heavy atom. The van der Waals surface area contributed by atoms with Crippen LogP contribution >= 0.6 is 0 Å². The van der Waals surface area contributed by atoms with E-state index in [4.69, 9.17) is 0 Å².